The number of ether oxygens (including phenoxy) is 22. The maximum atomic E-state index is 10.9. The maximum Gasteiger partial charge on any atom is 0.564 e. The van der Waals surface area contributed by atoms with Crippen LogP contribution in [0.25, 0.3) is 0 Å². The zero-order valence-electron chi connectivity index (χ0n) is 53.8. The Morgan fingerprint density at radius 2 is 0.640 bits per heavy atom. The molecule has 0 saturated carbocycles. The van der Waals surface area contributed by atoms with Crippen LogP contribution in [0, 0.1) is 0 Å². The van der Waals surface area contributed by atoms with E-state index in [9.17, 15) is 8.76 Å². The third-order valence-electron chi connectivity index (χ3n) is 11.8. The summed E-state index contributed by atoms with van der Waals surface area (Å²) in [6, 6.07) is 8.39. The smallest absolute Gasteiger partial charge is 0.491 e. The van der Waals surface area contributed by atoms with Crippen molar-refractivity contribution in [3.8, 4) is 5.75 Å². The van der Waals surface area contributed by atoms with Crippen LogP contribution in [-0.2, 0) is 134 Å². The van der Waals surface area contributed by atoms with Crippen LogP contribution in [-0.4, -0.2) is 290 Å². The van der Waals surface area contributed by atoms with E-state index in [4.69, 9.17) is 104 Å². The van der Waals surface area contributed by atoms with Crippen LogP contribution in [0.5, 0.6) is 5.75 Å². The van der Waals surface area contributed by atoms with E-state index in [2.05, 4.69) is 40.0 Å². The Bertz CT molecular complexity index is 1590. The van der Waals surface area contributed by atoms with Gasteiger partial charge in [0, 0.05) is 4.21 Å². The van der Waals surface area contributed by atoms with Crippen molar-refractivity contribution in [3.05, 3.63) is 42.5 Å². The van der Waals surface area contributed by atoms with Gasteiger partial charge in [-0.2, -0.15) is 5.90 Å². The SMILES string of the molecule is C=CCOCC(COc1ccc(CCCCCCCCC)cc1)OCCOCCOCCOCCOCCOCCOCCOCCOCCOCCOCCOCCOCCOCCOCCOCCOCCOCCOCCOCCO[S+]([O])(=O)ON. The van der Waals surface area contributed by atoms with Crippen molar-refractivity contribution in [1.29, 1.82) is 0 Å². The summed E-state index contributed by atoms with van der Waals surface area (Å²) >= 11 is 0. The van der Waals surface area contributed by atoms with E-state index in [-0.39, 0.29) is 25.9 Å². The van der Waals surface area contributed by atoms with Gasteiger partial charge in [0.1, 0.15) is 29.6 Å². The molecule has 0 aromatic heterocycles. The van der Waals surface area contributed by atoms with Crippen molar-refractivity contribution in [2.24, 2.45) is 5.90 Å². The van der Waals surface area contributed by atoms with Crippen molar-refractivity contribution in [2.75, 3.05) is 284 Å². The van der Waals surface area contributed by atoms with Gasteiger partial charge >= 0.3 is 10.8 Å². The standard InChI is InChI=1S/C61H115NO26S/c1-3-5-6-7-8-9-10-11-59-12-14-60(15-13-59)86-58-61(57-84-16-4-2)85-55-53-82-51-49-80-47-45-78-43-41-76-39-37-74-35-33-72-31-29-70-27-25-68-23-21-66-19-17-65-18-20-67-22-24-69-26-28-71-30-32-73-34-36-75-38-40-77-42-44-79-46-48-81-50-52-83-54-56-87-89(63,64)88-62/h4,12-15,61H,2-3,5-11,16-58,62H2,1H3/q+1. The molecule has 0 aliphatic heterocycles. The molecule has 1 aromatic rings. The molecule has 0 bridgehead atoms. The van der Waals surface area contributed by atoms with Crippen molar-refractivity contribution < 1.29 is 121 Å². The molecule has 1 rings (SSSR count). The molecule has 28 heteroatoms. The largest absolute Gasteiger partial charge is 0.564 e. The lowest BCUT2D eigenvalue weighted by atomic mass is 10.0. The molecular weight excluding hydrogens is 1190 g/mol. The Balaban J connectivity index is 1.69. The fourth-order valence-corrected chi connectivity index (χ4v) is 7.54. The molecule has 2 N–H and O–H groups in total. The van der Waals surface area contributed by atoms with E-state index in [1.165, 1.54) is 50.5 Å². The molecule has 0 aliphatic rings. The predicted molar refractivity (Wildman–Crippen MR) is 330 cm³/mol. The highest BCUT2D eigenvalue weighted by Crippen LogP contribution is 2.16. The first kappa shape index (κ1) is 84.9. The average molecular weight is 1310 g/mol. The lowest BCUT2D eigenvalue weighted by molar-refractivity contribution is -0.0571. The van der Waals surface area contributed by atoms with Crippen molar-refractivity contribution >= 4 is 10.8 Å². The van der Waals surface area contributed by atoms with E-state index >= 15 is 0 Å². The van der Waals surface area contributed by atoms with Crippen LogP contribution in [0.4, 0.5) is 0 Å². The van der Waals surface area contributed by atoms with E-state index in [0.717, 1.165) is 12.2 Å². The number of rotatable bonds is 78. The molecule has 0 heterocycles. The Morgan fingerprint density at radius 3 is 0.921 bits per heavy atom. The summed E-state index contributed by atoms with van der Waals surface area (Å²) in [5.41, 5.74) is 1.35. The molecule has 1 radical (unpaired) electrons. The van der Waals surface area contributed by atoms with Gasteiger partial charge in [-0.05, 0) is 34.8 Å². The van der Waals surface area contributed by atoms with Crippen LogP contribution in [0.2, 0.25) is 0 Å². The summed E-state index contributed by atoms with van der Waals surface area (Å²) in [6.07, 6.45) is 11.8. The van der Waals surface area contributed by atoms with Gasteiger partial charge in [0.2, 0.25) is 0 Å². The summed E-state index contributed by atoms with van der Waals surface area (Å²) in [6.45, 7) is 24.4. The number of aryl methyl sites for hydroxylation is 1. The minimum absolute atomic E-state index is 0.0528. The quantitative estimate of drug-likeness (QED) is 0.0395. The van der Waals surface area contributed by atoms with Gasteiger partial charge in [0.15, 0.2) is 0 Å². The van der Waals surface area contributed by atoms with Gasteiger partial charge < -0.3 is 104 Å². The minimum atomic E-state index is -4.16. The highest BCUT2D eigenvalue weighted by atomic mass is 32.3. The second kappa shape index (κ2) is 71.8. The van der Waals surface area contributed by atoms with Crippen LogP contribution in [0.1, 0.15) is 57.4 Å². The average Bonchev–Trinajstić information content (AvgIpc) is 3.74. The van der Waals surface area contributed by atoms with Crippen LogP contribution in [0.15, 0.2) is 36.9 Å². The maximum absolute atomic E-state index is 10.9. The molecule has 0 fully saturated rings. The van der Waals surface area contributed by atoms with Crippen LogP contribution < -0.4 is 10.6 Å². The Labute approximate surface area is 533 Å². The zero-order chi connectivity index (χ0) is 63.8. The summed E-state index contributed by atoms with van der Waals surface area (Å²) in [4.78, 5) is 0. The molecule has 2 atom stereocenters. The first-order chi connectivity index (χ1) is 44.0. The van der Waals surface area contributed by atoms with Gasteiger partial charge in [-0.25, -0.2) is 0 Å². The minimum Gasteiger partial charge on any atom is -0.491 e. The molecule has 525 valence electrons. The van der Waals surface area contributed by atoms with Gasteiger partial charge in [0.25, 0.3) is 0 Å². The number of hydrogen-bond donors (Lipinski definition) is 1. The summed E-state index contributed by atoms with van der Waals surface area (Å²) in [5, 5.41) is 0. The monoisotopic (exact) mass is 1310 g/mol. The van der Waals surface area contributed by atoms with E-state index in [1.54, 1.807) is 6.08 Å². The third kappa shape index (κ3) is 67.2. The summed E-state index contributed by atoms with van der Waals surface area (Å²) in [7, 11) is -4.16. The Hall–Kier alpha value is -2.09. The Morgan fingerprint density at radius 1 is 0.371 bits per heavy atom. The number of unbranched alkanes of at least 4 members (excludes halogenated alkanes) is 6. The highest BCUT2D eigenvalue weighted by Gasteiger charge is 2.32. The van der Waals surface area contributed by atoms with Crippen LogP contribution >= 0.6 is 0 Å². The van der Waals surface area contributed by atoms with E-state index in [0.29, 0.717) is 264 Å². The third-order valence-corrected chi connectivity index (χ3v) is 12.5. The fraction of sp³-hybridized carbons (Fsp3) is 0.869. The molecule has 0 spiro atoms. The lowest BCUT2D eigenvalue weighted by Gasteiger charge is -2.19. The molecule has 0 saturated heterocycles. The van der Waals surface area contributed by atoms with Gasteiger partial charge in [-0.3, -0.25) is 0 Å². The number of benzene rings is 1. The molecular formula is C61H115NO26S+. The number of nitrogens with two attached hydrogens (primary N) is 1. The van der Waals surface area contributed by atoms with E-state index < -0.39 is 10.8 Å². The molecule has 27 nitrogen and oxygen atoms in total. The molecule has 2 unspecified atom stereocenters. The van der Waals surface area contributed by atoms with Gasteiger partial charge in [-0.1, -0.05) is 63.7 Å². The first-order valence-corrected chi connectivity index (χ1v) is 33.1. The number of hydrogen-bond acceptors (Lipinski definition) is 26. The topological polar surface area (TPSA) is 285 Å². The van der Waals surface area contributed by atoms with Crippen molar-refractivity contribution in [2.45, 2.75) is 64.4 Å². The van der Waals surface area contributed by atoms with Crippen LogP contribution in [0.3, 0.4) is 0 Å². The lowest BCUT2D eigenvalue weighted by Crippen LogP contribution is -2.29. The van der Waals surface area contributed by atoms with Gasteiger partial charge in [0.05, 0.1) is 271 Å². The molecule has 0 aliphatic carbocycles. The van der Waals surface area contributed by atoms with Crippen molar-refractivity contribution in [3.63, 3.8) is 0 Å². The fourth-order valence-electron chi connectivity index (χ4n) is 7.21. The summed E-state index contributed by atoms with van der Waals surface area (Å²) in [5.74, 6) is 5.37. The molecule has 89 heavy (non-hydrogen) atoms. The molecule has 1 aromatic carbocycles. The second-order valence-electron chi connectivity index (χ2n) is 19.1. The highest BCUT2D eigenvalue weighted by molar-refractivity contribution is 7.88. The predicted octanol–water partition coefficient (Wildman–Crippen LogP) is 4.84. The zero-order valence-corrected chi connectivity index (χ0v) is 54.7. The first-order valence-electron chi connectivity index (χ1n) is 31.8. The second-order valence-corrected chi connectivity index (χ2v) is 20.4. The molecule has 0 amide bonds. The normalized spacial score (nSPS) is 12.8. The van der Waals surface area contributed by atoms with Gasteiger partial charge in [-0.15, -0.1) is 10.8 Å². The Kier molecular flexibility index (Phi) is 68.5. The van der Waals surface area contributed by atoms with Crippen molar-refractivity contribution in [1.82, 2.24) is 0 Å². The van der Waals surface area contributed by atoms with E-state index in [1.807, 2.05) is 12.1 Å². The summed E-state index contributed by atoms with van der Waals surface area (Å²) < 4.78 is 152.